The molecule has 1 aliphatic rings. The first-order chi connectivity index (χ1) is 10.1. The van der Waals surface area contributed by atoms with Gasteiger partial charge in [-0.15, -0.1) is 0 Å². The molecule has 1 aromatic carbocycles. The van der Waals surface area contributed by atoms with Crippen molar-refractivity contribution in [1.82, 2.24) is 4.98 Å². The third-order valence-corrected chi connectivity index (χ3v) is 3.58. The van der Waals surface area contributed by atoms with Crippen LogP contribution in [-0.4, -0.2) is 37.4 Å². The number of H-pyrrole nitrogens is 1. The van der Waals surface area contributed by atoms with Gasteiger partial charge in [0.25, 0.3) is 0 Å². The van der Waals surface area contributed by atoms with Crippen molar-refractivity contribution in [2.45, 2.75) is 13.8 Å². The van der Waals surface area contributed by atoms with Crippen molar-refractivity contribution < 1.29 is 19.0 Å². The summed E-state index contributed by atoms with van der Waals surface area (Å²) in [5, 5.41) is 0.936. The van der Waals surface area contributed by atoms with Crippen LogP contribution < -0.4 is 4.74 Å². The van der Waals surface area contributed by atoms with Gasteiger partial charge < -0.3 is 19.2 Å². The minimum Gasteiger partial charge on any atom is -0.493 e. The highest BCUT2D eigenvalue weighted by molar-refractivity contribution is 5.95. The molecule has 1 aliphatic heterocycles. The van der Waals surface area contributed by atoms with Gasteiger partial charge in [0.05, 0.1) is 26.4 Å². The second-order valence-electron chi connectivity index (χ2n) is 5.74. The highest BCUT2D eigenvalue weighted by Crippen LogP contribution is 2.29. The Morgan fingerprint density at radius 3 is 2.86 bits per heavy atom. The van der Waals surface area contributed by atoms with E-state index in [4.69, 9.17) is 14.2 Å². The number of hydrogen-bond acceptors (Lipinski definition) is 4. The number of carbonyl (C=O) groups excluding carboxylic acids is 1. The maximum Gasteiger partial charge on any atom is 0.354 e. The first-order valence-electron chi connectivity index (χ1n) is 7.10. The van der Waals surface area contributed by atoms with Crippen LogP contribution in [0, 0.1) is 5.41 Å². The summed E-state index contributed by atoms with van der Waals surface area (Å²) in [4.78, 5) is 14.8. The molecule has 1 N–H and O–H groups in total. The summed E-state index contributed by atoms with van der Waals surface area (Å²) in [6.07, 6.45) is 0. The number of nitrogens with one attached hydrogen (secondary N) is 1. The van der Waals surface area contributed by atoms with Gasteiger partial charge in [-0.25, -0.2) is 4.79 Å². The number of fused-ring (bicyclic) bond motifs is 1. The van der Waals surface area contributed by atoms with Gasteiger partial charge in [0.2, 0.25) is 0 Å². The van der Waals surface area contributed by atoms with Crippen LogP contribution in [0.25, 0.3) is 10.9 Å². The predicted octanol–water partition coefficient (Wildman–Crippen LogP) is 2.76. The van der Waals surface area contributed by atoms with E-state index in [-0.39, 0.29) is 11.4 Å². The largest absolute Gasteiger partial charge is 0.493 e. The molecule has 0 atom stereocenters. The number of aromatic nitrogens is 1. The zero-order valence-corrected chi connectivity index (χ0v) is 12.3. The fraction of sp³-hybridized carbons (Fsp3) is 0.438. The van der Waals surface area contributed by atoms with Crippen molar-refractivity contribution in [2.75, 3.05) is 26.4 Å². The molecule has 0 radical (unpaired) electrons. The van der Waals surface area contributed by atoms with Gasteiger partial charge in [-0.2, -0.15) is 0 Å². The van der Waals surface area contributed by atoms with E-state index in [1.54, 1.807) is 13.0 Å². The van der Waals surface area contributed by atoms with Crippen LogP contribution in [0.4, 0.5) is 0 Å². The van der Waals surface area contributed by atoms with Gasteiger partial charge in [0.15, 0.2) is 0 Å². The number of rotatable bonds is 5. The number of carbonyl (C=O) groups is 1. The standard InChI is InChI=1S/C16H19NO4/c1-3-20-15(18)14-7-11-6-12(4-5-13(11)17-14)21-10-16(2)8-19-9-16/h4-7,17H,3,8-10H2,1-2H3. The molecule has 0 amide bonds. The minimum absolute atomic E-state index is 0.114. The molecular formula is C16H19NO4. The Bertz CT molecular complexity index is 657. The van der Waals surface area contributed by atoms with Crippen LogP contribution in [0.3, 0.4) is 0 Å². The first kappa shape index (κ1) is 13.9. The van der Waals surface area contributed by atoms with E-state index in [9.17, 15) is 4.79 Å². The second-order valence-corrected chi connectivity index (χ2v) is 5.74. The monoisotopic (exact) mass is 289 g/mol. The molecule has 5 heteroatoms. The van der Waals surface area contributed by atoms with Crippen molar-refractivity contribution >= 4 is 16.9 Å². The third-order valence-electron chi connectivity index (χ3n) is 3.58. The minimum atomic E-state index is -0.338. The maximum absolute atomic E-state index is 11.7. The zero-order chi connectivity index (χ0) is 14.9. The molecule has 0 spiro atoms. The quantitative estimate of drug-likeness (QED) is 0.860. The van der Waals surface area contributed by atoms with Gasteiger partial charge in [-0.05, 0) is 31.2 Å². The topological polar surface area (TPSA) is 60.6 Å². The molecule has 0 unspecified atom stereocenters. The van der Waals surface area contributed by atoms with Gasteiger partial charge in [0.1, 0.15) is 11.4 Å². The highest BCUT2D eigenvalue weighted by atomic mass is 16.5. The maximum atomic E-state index is 11.7. The second kappa shape index (κ2) is 5.41. The van der Waals surface area contributed by atoms with Crippen molar-refractivity contribution in [3.05, 3.63) is 30.0 Å². The summed E-state index contributed by atoms with van der Waals surface area (Å²) in [5.74, 6) is 0.459. The van der Waals surface area contributed by atoms with Crippen LogP contribution in [0.1, 0.15) is 24.3 Å². The lowest BCUT2D eigenvalue weighted by molar-refractivity contribution is -0.120. The molecule has 2 heterocycles. The van der Waals surface area contributed by atoms with Crippen molar-refractivity contribution in [1.29, 1.82) is 0 Å². The summed E-state index contributed by atoms with van der Waals surface area (Å²) in [5.41, 5.74) is 1.47. The van der Waals surface area contributed by atoms with Crippen molar-refractivity contribution in [3.63, 3.8) is 0 Å². The molecule has 0 aliphatic carbocycles. The lowest BCUT2D eigenvalue weighted by Gasteiger charge is -2.37. The lowest BCUT2D eigenvalue weighted by Crippen LogP contribution is -2.44. The smallest absolute Gasteiger partial charge is 0.354 e. The fourth-order valence-corrected chi connectivity index (χ4v) is 2.31. The van der Waals surface area contributed by atoms with E-state index in [2.05, 4.69) is 11.9 Å². The Balaban J connectivity index is 1.74. The first-order valence-corrected chi connectivity index (χ1v) is 7.10. The number of ether oxygens (including phenoxy) is 3. The van der Waals surface area contributed by atoms with Crippen molar-refractivity contribution in [3.8, 4) is 5.75 Å². The molecule has 0 bridgehead atoms. The van der Waals surface area contributed by atoms with Gasteiger partial charge in [-0.1, -0.05) is 6.92 Å². The van der Waals surface area contributed by atoms with Crippen LogP contribution in [0.5, 0.6) is 5.75 Å². The number of hydrogen-bond donors (Lipinski definition) is 1. The molecule has 1 fully saturated rings. The fourth-order valence-electron chi connectivity index (χ4n) is 2.31. The SMILES string of the molecule is CCOC(=O)c1cc2cc(OCC3(C)COC3)ccc2[nH]1. The molecule has 3 rings (SSSR count). The zero-order valence-electron chi connectivity index (χ0n) is 12.3. The summed E-state index contributed by atoms with van der Waals surface area (Å²) in [7, 11) is 0. The summed E-state index contributed by atoms with van der Waals surface area (Å²) >= 11 is 0. The van der Waals surface area contributed by atoms with E-state index in [1.165, 1.54) is 0 Å². The van der Waals surface area contributed by atoms with Gasteiger partial charge >= 0.3 is 5.97 Å². The van der Waals surface area contributed by atoms with E-state index in [1.807, 2.05) is 18.2 Å². The van der Waals surface area contributed by atoms with E-state index in [0.29, 0.717) is 18.9 Å². The van der Waals surface area contributed by atoms with E-state index in [0.717, 1.165) is 29.9 Å². The Morgan fingerprint density at radius 1 is 1.38 bits per heavy atom. The highest BCUT2D eigenvalue weighted by Gasteiger charge is 2.34. The number of aromatic amines is 1. The molecule has 1 aromatic heterocycles. The summed E-state index contributed by atoms with van der Waals surface area (Å²) in [6.45, 7) is 6.41. The van der Waals surface area contributed by atoms with E-state index >= 15 is 0 Å². The summed E-state index contributed by atoms with van der Waals surface area (Å²) < 4.78 is 16.0. The Morgan fingerprint density at radius 2 is 2.19 bits per heavy atom. The molecule has 0 saturated carbocycles. The molecule has 21 heavy (non-hydrogen) atoms. The van der Waals surface area contributed by atoms with Crippen LogP contribution in [0.15, 0.2) is 24.3 Å². The predicted molar refractivity (Wildman–Crippen MR) is 78.7 cm³/mol. The third kappa shape index (κ3) is 2.88. The number of esters is 1. The summed E-state index contributed by atoms with van der Waals surface area (Å²) in [6, 6.07) is 7.52. The number of benzene rings is 1. The Labute approximate surface area is 123 Å². The van der Waals surface area contributed by atoms with Crippen LogP contribution in [-0.2, 0) is 9.47 Å². The molecule has 2 aromatic rings. The van der Waals surface area contributed by atoms with Crippen LogP contribution in [0.2, 0.25) is 0 Å². The molecule has 1 saturated heterocycles. The van der Waals surface area contributed by atoms with Crippen LogP contribution >= 0.6 is 0 Å². The average Bonchev–Trinajstić information content (AvgIpc) is 2.86. The molecule has 112 valence electrons. The average molecular weight is 289 g/mol. The van der Waals surface area contributed by atoms with Gasteiger partial charge in [-0.3, -0.25) is 0 Å². The Kier molecular flexibility index (Phi) is 3.59. The molecule has 5 nitrogen and oxygen atoms in total. The lowest BCUT2D eigenvalue weighted by atomic mass is 9.90. The van der Waals surface area contributed by atoms with Crippen molar-refractivity contribution in [2.24, 2.45) is 5.41 Å². The van der Waals surface area contributed by atoms with Gasteiger partial charge in [0, 0.05) is 16.3 Å². The van der Waals surface area contributed by atoms with E-state index < -0.39 is 0 Å². The Hall–Kier alpha value is -2.01. The molecular weight excluding hydrogens is 270 g/mol. The normalized spacial score (nSPS) is 16.5.